The van der Waals surface area contributed by atoms with Crippen LogP contribution in [-0.2, 0) is 6.18 Å². The molecule has 1 atom stereocenters. The number of thioether (sulfide) groups is 1. The molecule has 80 valence electrons. The first-order valence-electron chi connectivity index (χ1n) is 3.62. The predicted molar refractivity (Wildman–Crippen MR) is 47.3 cm³/mol. The first-order valence-corrected chi connectivity index (χ1v) is 5.27. The minimum Gasteiger partial charge on any atom is -0.395 e. The molecule has 0 aliphatic heterocycles. The lowest BCUT2D eigenvalue weighted by Crippen LogP contribution is -2.07. The number of aliphatic hydroxyl groups excluding tert-OH is 1. The first kappa shape index (κ1) is 11.7. The highest BCUT2D eigenvalue weighted by Crippen LogP contribution is 2.31. The van der Waals surface area contributed by atoms with Crippen LogP contribution in [0.4, 0.5) is 13.2 Å². The summed E-state index contributed by atoms with van der Waals surface area (Å²) in [6.07, 6.45) is -4.49. The van der Waals surface area contributed by atoms with Crippen LogP contribution < -0.4 is 0 Å². The van der Waals surface area contributed by atoms with Crippen LogP contribution in [0, 0.1) is 0 Å². The SMILES string of the molecule is CC(CO)Sc1nc(C(F)(F)F)ns1. The molecule has 0 saturated carbocycles. The van der Waals surface area contributed by atoms with Gasteiger partial charge in [0, 0.05) is 5.25 Å². The molecule has 0 radical (unpaired) electrons. The van der Waals surface area contributed by atoms with Gasteiger partial charge in [-0.05, 0) is 11.5 Å². The maximum atomic E-state index is 12.0. The van der Waals surface area contributed by atoms with E-state index in [2.05, 4.69) is 9.36 Å². The monoisotopic (exact) mass is 244 g/mol. The van der Waals surface area contributed by atoms with Gasteiger partial charge in [0.05, 0.1) is 6.61 Å². The predicted octanol–water partition coefficient (Wildman–Crippen LogP) is 2.03. The van der Waals surface area contributed by atoms with Crippen molar-refractivity contribution >= 4 is 23.3 Å². The second kappa shape index (κ2) is 4.45. The summed E-state index contributed by atoms with van der Waals surface area (Å²) in [6.45, 7) is 1.59. The molecule has 0 amide bonds. The first-order chi connectivity index (χ1) is 6.43. The number of alkyl halides is 3. The van der Waals surface area contributed by atoms with Crippen LogP contribution in [0.25, 0.3) is 0 Å². The zero-order valence-corrected chi connectivity index (χ0v) is 8.71. The summed E-state index contributed by atoms with van der Waals surface area (Å²) in [4.78, 5) is 3.30. The van der Waals surface area contributed by atoms with Crippen molar-refractivity contribution in [3.05, 3.63) is 5.82 Å². The van der Waals surface area contributed by atoms with Crippen molar-refractivity contribution in [2.75, 3.05) is 6.61 Å². The number of hydrogen-bond acceptors (Lipinski definition) is 5. The Morgan fingerprint density at radius 1 is 1.57 bits per heavy atom. The summed E-state index contributed by atoms with van der Waals surface area (Å²) in [5.74, 6) is -1.12. The Labute approximate surface area is 86.5 Å². The van der Waals surface area contributed by atoms with Crippen LogP contribution in [0.3, 0.4) is 0 Å². The Hall–Kier alpha value is -0.340. The van der Waals surface area contributed by atoms with Crippen molar-refractivity contribution in [3.8, 4) is 0 Å². The maximum absolute atomic E-state index is 12.0. The van der Waals surface area contributed by atoms with Crippen LogP contribution in [0.1, 0.15) is 12.7 Å². The lowest BCUT2D eigenvalue weighted by Gasteiger charge is -2.02. The minimum absolute atomic E-state index is 0.106. The van der Waals surface area contributed by atoms with E-state index in [9.17, 15) is 13.2 Å². The summed E-state index contributed by atoms with van der Waals surface area (Å²) in [5, 5.41) is 8.50. The molecule has 3 nitrogen and oxygen atoms in total. The molecule has 0 fully saturated rings. The van der Waals surface area contributed by atoms with E-state index < -0.39 is 12.0 Å². The molecule has 0 saturated heterocycles. The molecule has 1 aromatic heterocycles. The number of rotatable bonds is 3. The van der Waals surface area contributed by atoms with Gasteiger partial charge in [-0.1, -0.05) is 18.7 Å². The molecule has 0 bridgehead atoms. The van der Waals surface area contributed by atoms with Crippen molar-refractivity contribution in [1.82, 2.24) is 9.36 Å². The maximum Gasteiger partial charge on any atom is 0.452 e. The van der Waals surface area contributed by atoms with Gasteiger partial charge in [0.25, 0.3) is 0 Å². The largest absolute Gasteiger partial charge is 0.452 e. The fourth-order valence-corrected chi connectivity index (χ4v) is 2.35. The van der Waals surface area contributed by atoms with Gasteiger partial charge in [-0.3, -0.25) is 0 Å². The topological polar surface area (TPSA) is 46.0 Å². The van der Waals surface area contributed by atoms with Crippen LogP contribution in [-0.4, -0.2) is 26.3 Å². The van der Waals surface area contributed by atoms with Gasteiger partial charge in [0.2, 0.25) is 5.82 Å². The van der Waals surface area contributed by atoms with E-state index in [1.54, 1.807) is 6.92 Å². The fourth-order valence-electron chi connectivity index (χ4n) is 0.582. The molecule has 8 heteroatoms. The van der Waals surface area contributed by atoms with Crippen molar-refractivity contribution in [2.45, 2.75) is 22.7 Å². The van der Waals surface area contributed by atoms with Crippen molar-refractivity contribution < 1.29 is 18.3 Å². The van der Waals surface area contributed by atoms with Gasteiger partial charge in [-0.25, -0.2) is 4.98 Å². The van der Waals surface area contributed by atoms with E-state index in [0.29, 0.717) is 11.5 Å². The van der Waals surface area contributed by atoms with Gasteiger partial charge in [0.1, 0.15) is 0 Å². The molecule has 1 rings (SSSR count). The third kappa shape index (κ3) is 3.10. The highest BCUT2D eigenvalue weighted by atomic mass is 32.2. The number of nitrogens with zero attached hydrogens (tertiary/aromatic N) is 2. The Morgan fingerprint density at radius 2 is 2.21 bits per heavy atom. The molecular formula is C6H7F3N2OS2. The second-order valence-corrected chi connectivity index (χ2v) is 4.93. The van der Waals surface area contributed by atoms with Crippen LogP contribution in [0.2, 0.25) is 0 Å². The third-order valence-electron chi connectivity index (χ3n) is 1.22. The van der Waals surface area contributed by atoms with Gasteiger partial charge < -0.3 is 5.11 Å². The standard InChI is InChI=1S/C6H7F3N2OS2/c1-3(2-12)13-5-10-4(11-14-5)6(7,8)9/h3,12H,2H2,1H3. The zero-order valence-electron chi connectivity index (χ0n) is 7.08. The highest BCUT2D eigenvalue weighted by Gasteiger charge is 2.36. The van der Waals surface area contributed by atoms with Crippen molar-refractivity contribution in [3.63, 3.8) is 0 Å². The summed E-state index contributed by atoms with van der Waals surface area (Å²) in [6, 6.07) is 0. The molecule has 1 heterocycles. The van der Waals surface area contributed by atoms with Gasteiger partial charge in [0.15, 0.2) is 4.34 Å². The van der Waals surface area contributed by atoms with Gasteiger partial charge >= 0.3 is 6.18 Å². The number of aromatic nitrogens is 2. The highest BCUT2D eigenvalue weighted by molar-refractivity contribution is 8.01. The second-order valence-electron chi connectivity index (χ2n) is 2.49. The Bertz CT molecular complexity index is 302. The van der Waals surface area contributed by atoms with E-state index in [1.807, 2.05) is 0 Å². The van der Waals surface area contributed by atoms with Gasteiger partial charge in [-0.15, -0.1) is 0 Å². The molecule has 1 unspecified atom stereocenters. The molecular weight excluding hydrogens is 237 g/mol. The zero-order chi connectivity index (χ0) is 10.8. The minimum atomic E-state index is -4.49. The third-order valence-corrected chi connectivity index (χ3v) is 3.09. The van der Waals surface area contributed by atoms with Crippen LogP contribution >= 0.6 is 23.3 Å². The lowest BCUT2D eigenvalue weighted by molar-refractivity contribution is -0.144. The van der Waals surface area contributed by atoms with Crippen LogP contribution in [0.5, 0.6) is 0 Å². The average Bonchev–Trinajstić information content (AvgIpc) is 2.51. The summed E-state index contributed by atoms with van der Waals surface area (Å²) in [5.41, 5.74) is 0. The summed E-state index contributed by atoms with van der Waals surface area (Å²) < 4.78 is 39.5. The molecule has 1 N–H and O–H groups in total. The summed E-state index contributed by atoms with van der Waals surface area (Å²) >= 11 is 1.77. The van der Waals surface area contributed by atoms with E-state index in [4.69, 9.17) is 5.11 Å². The van der Waals surface area contributed by atoms with E-state index in [-0.39, 0.29) is 16.2 Å². The molecule has 0 aliphatic carbocycles. The normalized spacial score (nSPS) is 14.4. The van der Waals surface area contributed by atoms with Crippen molar-refractivity contribution in [2.24, 2.45) is 0 Å². The molecule has 14 heavy (non-hydrogen) atoms. The Balaban J connectivity index is 2.69. The fraction of sp³-hybridized carbons (Fsp3) is 0.667. The van der Waals surface area contributed by atoms with E-state index >= 15 is 0 Å². The van der Waals surface area contributed by atoms with Crippen molar-refractivity contribution in [1.29, 1.82) is 0 Å². The van der Waals surface area contributed by atoms with E-state index in [0.717, 1.165) is 11.8 Å². The number of halogens is 3. The molecule has 1 aromatic rings. The van der Waals surface area contributed by atoms with E-state index in [1.165, 1.54) is 0 Å². The Morgan fingerprint density at radius 3 is 2.64 bits per heavy atom. The summed E-state index contributed by atoms with van der Waals surface area (Å²) in [7, 11) is 0. The molecule has 0 aliphatic rings. The lowest BCUT2D eigenvalue weighted by atomic mass is 10.5. The molecule has 0 aromatic carbocycles. The number of hydrogen-bond donors (Lipinski definition) is 1. The number of aliphatic hydroxyl groups is 1. The molecule has 0 spiro atoms. The Kier molecular flexibility index (Phi) is 3.73. The van der Waals surface area contributed by atoms with Crippen LogP contribution in [0.15, 0.2) is 4.34 Å². The quantitative estimate of drug-likeness (QED) is 0.826. The van der Waals surface area contributed by atoms with Gasteiger partial charge in [-0.2, -0.15) is 17.5 Å². The average molecular weight is 244 g/mol. The smallest absolute Gasteiger partial charge is 0.395 e.